The number of nitrogens with one attached hydrogen (secondary N) is 1. The van der Waals surface area contributed by atoms with E-state index in [0.29, 0.717) is 35.7 Å². The zero-order valence-corrected chi connectivity index (χ0v) is 15.8. The maximum Gasteiger partial charge on any atom is 0.260 e. The first kappa shape index (κ1) is 18.0. The van der Waals surface area contributed by atoms with E-state index in [9.17, 15) is 9.59 Å². The highest BCUT2D eigenvalue weighted by Gasteiger charge is 2.36. The van der Waals surface area contributed by atoms with Gasteiger partial charge in [0.05, 0.1) is 11.4 Å². The molecule has 1 aromatic carbocycles. The number of nitrogens with zero attached hydrogens (tertiary/aromatic N) is 4. The predicted molar refractivity (Wildman–Crippen MR) is 102 cm³/mol. The van der Waals surface area contributed by atoms with Crippen molar-refractivity contribution in [1.29, 1.82) is 0 Å². The Labute approximate surface area is 162 Å². The van der Waals surface area contributed by atoms with Gasteiger partial charge in [-0.05, 0) is 51.0 Å². The van der Waals surface area contributed by atoms with Crippen LogP contribution in [0.3, 0.4) is 0 Å². The first-order valence-corrected chi connectivity index (χ1v) is 9.19. The van der Waals surface area contributed by atoms with Gasteiger partial charge in [-0.15, -0.1) is 0 Å². The summed E-state index contributed by atoms with van der Waals surface area (Å²) in [6.07, 6.45) is 4.93. The van der Waals surface area contributed by atoms with Gasteiger partial charge in [0.25, 0.3) is 5.91 Å². The maximum absolute atomic E-state index is 13.0. The smallest absolute Gasteiger partial charge is 0.260 e. The summed E-state index contributed by atoms with van der Waals surface area (Å²) in [7, 11) is 0. The lowest BCUT2D eigenvalue weighted by molar-refractivity contribution is -0.119. The standard InChI is InChI=1S/C20H21N5O3/c1-13-18(14(2)28-23-13)20(27)24-10-4-8-17(24)19(26)22-15-6-3-7-16(12-15)25-11-5-9-21-25/h3,5-7,9,11-12,17H,4,8,10H2,1-2H3,(H,22,26). The van der Waals surface area contributed by atoms with Crippen LogP contribution in [0.15, 0.2) is 47.2 Å². The van der Waals surface area contributed by atoms with Gasteiger partial charge in [-0.3, -0.25) is 9.59 Å². The van der Waals surface area contributed by atoms with Crippen LogP contribution in [0.2, 0.25) is 0 Å². The van der Waals surface area contributed by atoms with Gasteiger partial charge in [0.1, 0.15) is 17.4 Å². The molecule has 1 atom stereocenters. The number of carbonyl (C=O) groups is 2. The number of hydrogen-bond acceptors (Lipinski definition) is 5. The molecule has 4 rings (SSSR count). The molecule has 0 bridgehead atoms. The summed E-state index contributed by atoms with van der Waals surface area (Å²) in [6, 6.07) is 8.75. The number of benzene rings is 1. The molecule has 0 aliphatic carbocycles. The Hall–Kier alpha value is -3.42. The summed E-state index contributed by atoms with van der Waals surface area (Å²) >= 11 is 0. The van der Waals surface area contributed by atoms with Gasteiger partial charge in [-0.1, -0.05) is 11.2 Å². The third-order valence-electron chi connectivity index (χ3n) is 4.95. The Morgan fingerprint density at radius 2 is 2.11 bits per heavy atom. The van der Waals surface area contributed by atoms with E-state index >= 15 is 0 Å². The van der Waals surface area contributed by atoms with E-state index in [4.69, 9.17) is 4.52 Å². The Balaban J connectivity index is 1.52. The molecule has 144 valence electrons. The zero-order valence-electron chi connectivity index (χ0n) is 15.8. The van der Waals surface area contributed by atoms with Crippen molar-refractivity contribution in [3.05, 3.63) is 59.7 Å². The Kier molecular flexibility index (Phi) is 4.68. The molecule has 1 saturated heterocycles. The monoisotopic (exact) mass is 379 g/mol. The fraction of sp³-hybridized carbons (Fsp3) is 0.300. The molecule has 0 saturated carbocycles. The van der Waals surface area contributed by atoms with E-state index in [2.05, 4.69) is 15.6 Å². The maximum atomic E-state index is 13.0. The topological polar surface area (TPSA) is 93.3 Å². The highest BCUT2D eigenvalue weighted by atomic mass is 16.5. The Bertz CT molecular complexity index is 989. The largest absolute Gasteiger partial charge is 0.361 e. The van der Waals surface area contributed by atoms with E-state index in [-0.39, 0.29) is 11.8 Å². The number of hydrogen-bond donors (Lipinski definition) is 1. The van der Waals surface area contributed by atoms with Crippen molar-refractivity contribution in [2.24, 2.45) is 0 Å². The van der Waals surface area contributed by atoms with Gasteiger partial charge in [-0.2, -0.15) is 5.10 Å². The van der Waals surface area contributed by atoms with Gasteiger partial charge in [0.15, 0.2) is 0 Å². The van der Waals surface area contributed by atoms with Crippen molar-refractivity contribution >= 4 is 17.5 Å². The fourth-order valence-electron chi connectivity index (χ4n) is 3.59. The Morgan fingerprint density at radius 3 is 2.82 bits per heavy atom. The van der Waals surface area contributed by atoms with Crippen LogP contribution in [0.5, 0.6) is 0 Å². The van der Waals surface area contributed by atoms with Crippen LogP contribution < -0.4 is 5.32 Å². The first-order valence-electron chi connectivity index (χ1n) is 9.19. The lowest BCUT2D eigenvalue weighted by Crippen LogP contribution is -2.43. The summed E-state index contributed by atoms with van der Waals surface area (Å²) in [5.41, 5.74) is 2.49. The number of rotatable bonds is 4. The fourth-order valence-corrected chi connectivity index (χ4v) is 3.59. The lowest BCUT2D eigenvalue weighted by atomic mass is 10.1. The minimum absolute atomic E-state index is 0.199. The Morgan fingerprint density at radius 1 is 1.25 bits per heavy atom. The normalized spacial score (nSPS) is 16.4. The van der Waals surface area contributed by atoms with Crippen molar-refractivity contribution < 1.29 is 14.1 Å². The lowest BCUT2D eigenvalue weighted by Gasteiger charge is -2.24. The number of carbonyl (C=O) groups excluding carboxylic acids is 2. The van der Waals surface area contributed by atoms with Crippen LogP contribution in [0.1, 0.15) is 34.7 Å². The molecule has 1 unspecified atom stereocenters. The molecule has 1 fully saturated rings. The van der Waals surface area contributed by atoms with Gasteiger partial charge in [0, 0.05) is 24.6 Å². The van der Waals surface area contributed by atoms with Crippen LogP contribution in [0, 0.1) is 13.8 Å². The molecule has 2 aromatic heterocycles. The van der Waals surface area contributed by atoms with Gasteiger partial charge in [0.2, 0.25) is 5.91 Å². The summed E-state index contributed by atoms with van der Waals surface area (Å²) in [5, 5.41) is 11.0. The summed E-state index contributed by atoms with van der Waals surface area (Å²) in [4.78, 5) is 27.5. The molecule has 3 aromatic rings. The molecule has 8 nitrogen and oxygen atoms in total. The average Bonchev–Trinajstić information content (AvgIpc) is 3.43. The third-order valence-corrected chi connectivity index (χ3v) is 4.95. The van der Waals surface area contributed by atoms with E-state index in [0.717, 1.165) is 12.1 Å². The molecule has 1 aliphatic rings. The molecule has 1 aliphatic heterocycles. The number of aryl methyl sites for hydroxylation is 2. The quantitative estimate of drug-likeness (QED) is 0.752. The second-order valence-electron chi connectivity index (χ2n) is 6.85. The minimum Gasteiger partial charge on any atom is -0.361 e. The van der Waals surface area contributed by atoms with Crippen LogP contribution in [0.4, 0.5) is 5.69 Å². The summed E-state index contributed by atoms with van der Waals surface area (Å²) in [6.45, 7) is 3.98. The molecule has 1 N–H and O–H groups in total. The van der Waals surface area contributed by atoms with Crippen LogP contribution in [0.25, 0.3) is 5.69 Å². The second-order valence-corrected chi connectivity index (χ2v) is 6.85. The highest BCUT2D eigenvalue weighted by Crippen LogP contribution is 2.24. The van der Waals surface area contributed by atoms with Crippen molar-refractivity contribution in [2.75, 3.05) is 11.9 Å². The average molecular weight is 379 g/mol. The van der Waals surface area contributed by atoms with E-state index in [1.54, 1.807) is 29.6 Å². The first-order chi connectivity index (χ1) is 13.5. The number of likely N-dealkylation sites (tertiary alicyclic amines) is 1. The molecular weight excluding hydrogens is 358 g/mol. The van der Waals surface area contributed by atoms with Crippen molar-refractivity contribution in [2.45, 2.75) is 32.7 Å². The van der Waals surface area contributed by atoms with Crippen molar-refractivity contribution in [3.63, 3.8) is 0 Å². The van der Waals surface area contributed by atoms with Gasteiger partial charge >= 0.3 is 0 Å². The number of amides is 2. The zero-order chi connectivity index (χ0) is 19.7. The molecule has 0 radical (unpaired) electrons. The molecule has 8 heteroatoms. The summed E-state index contributed by atoms with van der Waals surface area (Å²) in [5.74, 6) is 0.0647. The van der Waals surface area contributed by atoms with Crippen LogP contribution in [-0.2, 0) is 4.79 Å². The van der Waals surface area contributed by atoms with E-state index in [1.165, 1.54) is 0 Å². The highest BCUT2D eigenvalue weighted by molar-refractivity contribution is 6.02. The van der Waals surface area contributed by atoms with Crippen LogP contribution in [-0.4, -0.2) is 44.2 Å². The van der Waals surface area contributed by atoms with Gasteiger partial charge in [-0.25, -0.2) is 4.68 Å². The van der Waals surface area contributed by atoms with Crippen LogP contribution >= 0.6 is 0 Å². The van der Waals surface area contributed by atoms with Gasteiger partial charge < -0.3 is 14.7 Å². The SMILES string of the molecule is Cc1noc(C)c1C(=O)N1CCCC1C(=O)Nc1cccc(-n2cccn2)c1. The second kappa shape index (κ2) is 7.30. The molecule has 3 heterocycles. The molecule has 2 amide bonds. The number of anilines is 1. The third kappa shape index (κ3) is 3.28. The number of aromatic nitrogens is 3. The molecule has 0 spiro atoms. The van der Waals surface area contributed by atoms with E-state index < -0.39 is 6.04 Å². The van der Waals surface area contributed by atoms with Crippen molar-refractivity contribution in [3.8, 4) is 5.69 Å². The predicted octanol–water partition coefficient (Wildman–Crippen LogP) is 2.72. The molecule has 28 heavy (non-hydrogen) atoms. The summed E-state index contributed by atoms with van der Waals surface area (Å²) < 4.78 is 6.83. The molecular formula is C20H21N5O3. The van der Waals surface area contributed by atoms with E-state index in [1.807, 2.05) is 36.5 Å². The minimum atomic E-state index is -0.519. The van der Waals surface area contributed by atoms with Crippen molar-refractivity contribution in [1.82, 2.24) is 19.8 Å².